The van der Waals surface area contributed by atoms with Crippen molar-refractivity contribution in [3.8, 4) is 22.8 Å². The van der Waals surface area contributed by atoms with Crippen molar-refractivity contribution in [3.05, 3.63) is 36.8 Å². The van der Waals surface area contributed by atoms with Gasteiger partial charge in [-0.3, -0.25) is 0 Å². The van der Waals surface area contributed by atoms with Crippen molar-refractivity contribution in [1.82, 2.24) is 35.5 Å². The lowest BCUT2D eigenvalue weighted by Gasteiger charge is -2.35. The van der Waals surface area contributed by atoms with Crippen LogP contribution in [0.3, 0.4) is 0 Å². The summed E-state index contributed by atoms with van der Waals surface area (Å²) < 4.78 is 0. The van der Waals surface area contributed by atoms with E-state index in [0.29, 0.717) is 23.1 Å². The van der Waals surface area contributed by atoms with Gasteiger partial charge in [-0.1, -0.05) is 0 Å². The molecule has 9 heteroatoms. The molecule has 2 saturated carbocycles. The predicted molar refractivity (Wildman–Crippen MR) is 101 cm³/mol. The smallest absolute Gasteiger partial charge is 0.151 e. The van der Waals surface area contributed by atoms with Gasteiger partial charge in [0, 0.05) is 31.7 Å². The van der Waals surface area contributed by atoms with E-state index in [1.54, 1.807) is 24.7 Å². The Labute approximate surface area is 161 Å². The van der Waals surface area contributed by atoms with Crippen molar-refractivity contribution >= 4 is 5.82 Å². The molecule has 6 rings (SSSR count). The van der Waals surface area contributed by atoms with Crippen LogP contribution < -0.4 is 10.2 Å². The van der Waals surface area contributed by atoms with Crippen LogP contribution >= 0.6 is 0 Å². The number of pyridine rings is 1. The molecule has 0 bridgehead atoms. The van der Waals surface area contributed by atoms with Crippen LogP contribution in [0.4, 0.5) is 5.82 Å². The number of aromatic nitrogens is 6. The molecular formula is C19H20N8O. The molecule has 3 aliphatic rings. The fraction of sp³-hybridized carbons (Fsp3) is 0.421. The van der Waals surface area contributed by atoms with Crippen LogP contribution in [0, 0.1) is 17.8 Å². The molecule has 0 radical (unpaired) electrons. The Balaban J connectivity index is 1.20. The quantitative estimate of drug-likeness (QED) is 0.691. The van der Waals surface area contributed by atoms with E-state index in [4.69, 9.17) is 0 Å². The summed E-state index contributed by atoms with van der Waals surface area (Å²) in [5.74, 6) is 3.74. The number of fused-ring (bicyclic) bond motifs is 1. The predicted octanol–water partition coefficient (Wildman–Crippen LogP) is 0.869. The summed E-state index contributed by atoms with van der Waals surface area (Å²) in [7, 11) is 0. The molecule has 3 aromatic rings. The third-order valence-corrected chi connectivity index (χ3v) is 6.13. The van der Waals surface area contributed by atoms with E-state index >= 15 is 0 Å². The molecule has 0 amide bonds. The zero-order chi connectivity index (χ0) is 18.7. The lowest BCUT2D eigenvalue weighted by molar-refractivity contribution is 0.366. The van der Waals surface area contributed by atoms with Gasteiger partial charge in [-0.15, -0.1) is 15.0 Å². The van der Waals surface area contributed by atoms with Crippen LogP contribution in [0.2, 0.25) is 0 Å². The van der Waals surface area contributed by atoms with Gasteiger partial charge in [-0.25, -0.2) is 4.98 Å². The minimum Gasteiger partial charge on any atom is -0.506 e. The van der Waals surface area contributed by atoms with E-state index in [9.17, 15) is 5.11 Å². The molecule has 2 aliphatic carbocycles. The first-order valence-corrected chi connectivity index (χ1v) is 9.66. The van der Waals surface area contributed by atoms with Gasteiger partial charge in [0.25, 0.3) is 0 Å². The molecule has 3 aromatic heterocycles. The highest BCUT2D eigenvalue weighted by atomic mass is 16.3. The van der Waals surface area contributed by atoms with Gasteiger partial charge in [-0.05, 0) is 36.3 Å². The summed E-state index contributed by atoms with van der Waals surface area (Å²) in [6.45, 7) is 2.90. The summed E-state index contributed by atoms with van der Waals surface area (Å²) in [5.41, 5.74) is 1.52. The SMILES string of the molecule is Oc1cc(-n2nccn2)cnc1-c1ccc(N2CCN[C@@H](C3[C@H]4C[C@@H]34)C2)nn1. The van der Waals surface area contributed by atoms with Crippen LogP contribution in [0.1, 0.15) is 6.42 Å². The minimum absolute atomic E-state index is 0.0204. The number of piperazine rings is 1. The van der Waals surface area contributed by atoms with Crippen molar-refractivity contribution in [1.29, 1.82) is 0 Å². The van der Waals surface area contributed by atoms with Crippen molar-refractivity contribution in [2.75, 3.05) is 24.5 Å². The molecule has 4 atom stereocenters. The normalized spacial score (nSPS) is 28.1. The molecule has 28 heavy (non-hydrogen) atoms. The molecule has 142 valence electrons. The second kappa shape index (κ2) is 5.96. The Morgan fingerprint density at radius 1 is 1.11 bits per heavy atom. The van der Waals surface area contributed by atoms with E-state index in [-0.39, 0.29) is 5.75 Å². The van der Waals surface area contributed by atoms with E-state index in [1.165, 1.54) is 11.2 Å². The Bertz CT molecular complexity index is 997. The van der Waals surface area contributed by atoms with E-state index < -0.39 is 0 Å². The number of hydrogen-bond donors (Lipinski definition) is 2. The maximum absolute atomic E-state index is 10.4. The summed E-state index contributed by atoms with van der Waals surface area (Å²) in [6, 6.07) is 5.97. The van der Waals surface area contributed by atoms with Crippen molar-refractivity contribution < 1.29 is 5.11 Å². The molecule has 3 fully saturated rings. The topological polar surface area (TPSA) is 105 Å². The van der Waals surface area contributed by atoms with Gasteiger partial charge in [0.05, 0.1) is 18.6 Å². The van der Waals surface area contributed by atoms with E-state index in [1.807, 2.05) is 12.1 Å². The summed E-state index contributed by atoms with van der Waals surface area (Å²) in [5, 5.41) is 30.8. The first kappa shape index (κ1) is 15.9. The molecule has 1 saturated heterocycles. The zero-order valence-corrected chi connectivity index (χ0v) is 15.2. The van der Waals surface area contributed by atoms with Gasteiger partial charge in [0.15, 0.2) is 5.82 Å². The Kier molecular flexibility index (Phi) is 3.39. The summed E-state index contributed by atoms with van der Waals surface area (Å²) in [6.07, 6.45) is 6.18. The first-order valence-electron chi connectivity index (χ1n) is 9.66. The number of anilines is 1. The average molecular weight is 376 g/mol. The largest absolute Gasteiger partial charge is 0.506 e. The maximum atomic E-state index is 10.4. The molecule has 9 nitrogen and oxygen atoms in total. The van der Waals surface area contributed by atoms with Crippen LogP contribution in [-0.2, 0) is 0 Å². The fourth-order valence-corrected chi connectivity index (χ4v) is 4.39. The summed E-state index contributed by atoms with van der Waals surface area (Å²) >= 11 is 0. The van der Waals surface area contributed by atoms with Crippen molar-refractivity contribution in [3.63, 3.8) is 0 Å². The van der Waals surface area contributed by atoms with Crippen LogP contribution in [-0.4, -0.2) is 61.0 Å². The summed E-state index contributed by atoms with van der Waals surface area (Å²) in [4.78, 5) is 8.03. The van der Waals surface area contributed by atoms with E-state index in [2.05, 4.69) is 35.6 Å². The molecule has 2 N–H and O–H groups in total. The molecule has 1 aliphatic heterocycles. The Morgan fingerprint density at radius 3 is 2.64 bits per heavy atom. The van der Waals surface area contributed by atoms with Crippen molar-refractivity contribution in [2.45, 2.75) is 12.5 Å². The van der Waals surface area contributed by atoms with Crippen LogP contribution in [0.15, 0.2) is 36.8 Å². The number of nitrogens with zero attached hydrogens (tertiary/aromatic N) is 7. The molecular weight excluding hydrogens is 356 g/mol. The standard InChI is InChI=1S/C19H20N8O/c28-16-7-11(27-22-3-4-23-27)9-21-19(16)14-1-2-17(25-24-14)26-6-5-20-15(10-26)18-12-8-13(12)18/h1-4,7,9,12-13,15,18,20,28H,5-6,8,10H2/t12-,13+,15-,18?/m1/s1. The Morgan fingerprint density at radius 2 is 1.96 bits per heavy atom. The Hall–Kier alpha value is -3.07. The number of hydrogen-bond acceptors (Lipinski definition) is 8. The third kappa shape index (κ3) is 2.62. The molecule has 1 unspecified atom stereocenters. The minimum atomic E-state index is 0.0204. The molecule has 4 heterocycles. The van der Waals surface area contributed by atoms with E-state index in [0.717, 1.165) is 43.2 Å². The monoisotopic (exact) mass is 376 g/mol. The maximum Gasteiger partial charge on any atom is 0.151 e. The van der Waals surface area contributed by atoms with Gasteiger partial charge < -0.3 is 15.3 Å². The molecule has 0 aromatic carbocycles. The van der Waals surface area contributed by atoms with Crippen LogP contribution in [0.5, 0.6) is 5.75 Å². The first-order chi connectivity index (χ1) is 13.8. The van der Waals surface area contributed by atoms with Gasteiger partial charge in [0.1, 0.15) is 22.8 Å². The van der Waals surface area contributed by atoms with Crippen molar-refractivity contribution in [2.24, 2.45) is 17.8 Å². The lowest BCUT2D eigenvalue weighted by Crippen LogP contribution is -2.53. The number of rotatable bonds is 4. The molecule has 0 spiro atoms. The van der Waals surface area contributed by atoms with Gasteiger partial charge >= 0.3 is 0 Å². The van der Waals surface area contributed by atoms with Crippen LogP contribution in [0.25, 0.3) is 17.1 Å². The number of aromatic hydroxyl groups is 1. The average Bonchev–Trinajstić information content (AvgIpc) is 3.58. The second-order valence-electron chi connectivity index (χ2n) is 7.80. The highest BCUT2D eigenvalue weighted by molar-refractivity contribution is 5.64. The fourth-order valence-electron chi connectivity index (χ4n) is 4.39. The highest BCUT2D eigenvalue weighted by Gasteiger charge is 2.66. The van der Waals surface area contributed by atoms with Gasteiger partial charge in [0.2, 0.25) is 0 Å². The number of nitrogens with one attached hydrogen (secondary N) is 1. The lowest BCUT2D eigenvalue weighted by atomic mass is 10.0. The van der Waals surface area contributed by atoms with Gasteiger partial charge in [-0.2, -0.15) is 10.2 Å². The second-order valence-corrected chi connectivity index (χ2v) is 7.80. The third-order valence-electron chi connectivity index (χ3n) is 6.13. The zero-order valence-electron chi connectivity index (χ0n) is 15.2. The highest BCUT2D eigenvalue weighted by Crippen LogP contribution is 2.69.